The van der Waals surface area contributed by atoms with Crippen molar-refractivity contribution in [3.8, 4) is 0 Å². The van der Waals surface area contributed by atoms with Crippen molar-refractivity contribution < 1.29 is 5.11 Å². The lowest BCUT2D eigenvalue weighted by Crippen LogP contribution is -2.07. The smallest absolute Gasteiger partial charge is 0.304 e. The fourth-order valence-corrected chi connectivity index (χ4v) is 2.63. The maximum Gasteiger partial charge on any atom is 0.304 e. The molecule has 0 saturated carbocycles. The number of hydrogen-bond acceptors (Lipinski definition) is 5. The van der Waals surface area contributed by atoms with Crippen molar-refractivity contribution in [3.05, 3.63) is 44.8 Å². The minimum Gasteiger partial charge on any atom is -0.399 e. The van der Waals surface area contributed by atoms with Crippen LogP contribution < -0.4 is 10.6 Å². The summed E-state index contributed by atoms with van der Waals surface area (Å²) in [5.41, 5.74) is 8.76. The van der Waals surface area contributed by atoms with Crippen molar-refractivity contribution in [2.24, 2.45) is 0 Å². The van der Waals surface area contributed by atoms with E-state index in [4.69, 9.17) is 5.73 Å². The highest BCUT2D eigenvalue weighted by Gasteiger charge is 2.11. The minimum absolute atomic E-state index is 0.0887. The monoisotopic (exact) mass is 276 g/mol. The molecule has 0 bridgehead atoms. The highest BCUT2D eigenvalue weighted by atomic mass is 32.1. The van der Waals surface area contributed by atoms with Crippen molar-refractivity contribution >= 4 is 28.1 Å². The molecule has 0 atom stereocenters. The van der Waals surface area contributed by atoms with Gasteiger partial charge in [-0.1, -0.05) is 11.3 Å². The normalized spacial score (nSPS) is 11.2. The molecule has 7 heteroatoms. The zero-order valence-corrected chi connectivity index (χ0v) is 10.8. The number of nitrogens with two attached hydrogens (primary N) is 1. The molecule has 0 spiro atoms. The number of imidazole rings is 1. The van der Waals surface area contributed by atoms with Crippen LogP contribution in [0, 0.1) is 0 Å². The molecule has 0 fully saturated rings. The topological polar surface area (TPSA) is 96.9 Å². The van der Waals surface area contributed by atoms with E-state index in [0.717, 1.165) is 28.1 Å². The van der Waals surface area contributed by atoms with Crippen LogP contribution in [0.3, 0.4) is 0 Å². The van der Waals surface area contributed by atoms with Gasteiger partial charge in [0.1, 0.15) is 12.4 Å². The number of fused-ring (bicyclic) bond motifs is 1. The van der Waals surface area contributed by atoms with Gasteiger partial charge in [-0.05, 0) is 18.2 Å². The number of aliphatic hydroxyl groups is 1. The van der Waals surface area contributed by atoms with Gasteiger partial charge in [0.2, 0.25) is 0 Å². The number of rotatable bonds is 3. The van der Waals surface area contributed by atoms with E-state index in [1.807, 2.05) is 10.6 Å². The number of nitrogens with one attached hydrogen (secondary N) is 1. The molecule has 6 nitrogen and oxygen atoms in total. The Labute approximate surface area is 112 Å². The lowest BCUT2D eigenvalue weighted by atomic mass is 10.3. The number of aromatic nitrogens is 3. The summed E-state index contributed by atoms with van der Waals surface area (Å²) >= 11 is 1.12. The van der Waals surface area contributed by atoms with Crippen molar-refractivity contribution in [2.45, 2.75) is 13.2 Å². The Bertz CT molecular complexity index is 786. The zero-order valence-electron chi connectivity index (χ0n) is 9.96. The van der Waals surface area contributed by atoms with Gasteiger partial charge in [-0.25, -0.2) is 4.98 Å². The van der Waals surface area contributed by atoms with E-state index >= 15 is 0 Å². The first-order valence-corrected chi connectivity index (χ1v) is 6.57. The van der Waals surface area contributed by atoms with Gasteiger partial charge in [-0.3, -0.25) is 4.79 Å². The molecule has 0 aliphatic rings. The van der Waals surface area contributed by atoms with Crippen LogP contribution in [0.1, 0.15) is 11.5 Å². The van der Waals surface area contributed by atoms with Crippen LogP contribution in [0.15, 0.2) is 28.4 Å². The number of nitrogens with zero attached hydrogens (tertiary/aromatic N) is 2. The van der Waals surface area contributed by atoms with Crippen LogP contribution in [0.4, 0.5) is 5.69 Å². The lowest BCUT2D eigenvalue weighted by Gasteiger charge is -2.05. The second-order valence-electron chi connectivity index (χ2n) is 4.19. The van der Waals surface area contributed by atoms with Crippen LogP contribution in [0.5, 0.6) is 0 Å². The molecule has 98 valence electrons. The van der Waals surface area contributed by atoms with Crippen molar-refractivity contribution in [3.63, 3.8) is 0 Å². The summed E-state index contributed by atoms with van der Waals surface area (Å²) in [6.07, 6.45) is 0. The lowest BCUT2D eigenvalue weighted by molar-refractivity contribution is 0.267. The molecule has 4 N–H and O–H groups in total. The van der Waals surface area contributed by atoms with E-state index in [1.54, 1.807) is 17.5 Å². The molecular weight excluding hydrogens is 264 g/mol. The third kappa shape index (κ3) is 2.13. The second kappa shape index (κ2) is 4.52. The van der Waals surface area contributed by atoms with Gasteiger partial charge in [0, 0.05) is 16.8 Å². The van der Waals surface area contributed by atoms with Gasteiger partial charge >= 0.3 is 4.87 Å². The third-order valence-electron chi connectivity index (χ3n) is 2.89. The van der Waals surface area contributed by atoms with E-state index in [0.29, 0.717) is 18.1 Å². The Balaban J connectivity index is 2.12. The first-order valence-electron chi connectivity index (χ1n) is 5.69. The quantitative estimate of drug-likeness (QED) is 0.619. The first kappa shape index (κ1) is 11.9. The predicted molar refractivity (Wildman–Crippen MR) is 74.1 cm³/mol. The second-order valence-corrected chi connectivity index (χ2v) is 5.04. The third-order valence-corrected chi connectivity index (χ3v) is 3.61. The van der Waals surface area contributed by atoms with Crippen LogP contribution in [-0.2, 0) is 13.2 Å². The number of hydrogen-bond donors (Lipinski definition) is 3. The SMILES string of the molecule is Nc1ccc2c(c1)nc(CO)n2Cc1csc(=O)[nH]1. The van der Waals surface area contributed by atoms with Crippen LogP contribution in [0.25, 0.3) is 11.0 Å². The number of H-pyrrole nitrogens is 1. The average molecular weight is 276 g/mol. The summed E-state index contributed by atoms with van der Waals surface area (Å²) in [5, 5.41) is 11.2. The minimum atomic E-state index is -0.164. The highest BCUT2D eigenvalue weighted by molar-refractivity contribution is 7.07. The Morgan fingerprint density at radius 2 is 2.32 bits per heavy atom. The molecule has 3 aromatic rings. The van der Waals surface area contributed by atoms with Gasteiger partial charge in [0.25, 0.3) is 0 Å². The largest absolute Gasteiger partial charge is 0.399 e. The standard InChI is InChI=1S/C12H12N4O2S/c13-7-1-2-10-9(3-7)15-11(5-17)16(10)4-8-6-19-12(18)14-8/h1-3,6,17H,4-5,13H2,(H,14,18). The van der Waals surface area contributed by atoms with E-state index < -0.39 is 0 Å². The molecule has 0 saturated heterocycles. The number of aliphatic hydroxyl groups excluding tert-OH is 1. The van der Waals surface area contributed by atoms with Crippen LogP contribution in [-0.4, -0.2) is 19.6 Å². The average Bonchev–Trinajstić information content (AvgIpc) is 2.94. The number of aromatic amines is 1. The molecule has 2 heterocycles. The van der Waals surface area contributed by atoms with Crippen LogP contribution in [0.2, 0.25) is 0 Å². The summed E-state index contributed by atoms with van der Waals surface area (Å²) in [5.74, 6) is 0.549. The molecule has 0 radical (unpaired) electrons. The molecule has 19 heavy (non-hydrogen) atoms. The van der Waals surface area contributed by atoms with Gasteiger partial charge < -0.3 is 20.4 Å². The van der Waals surface area contributed by atoms with Gasteiger partial charge in [-0.15, -0.1) is 0 Å². The molecule has 0 aliphatic heterocycles. The van der Waals surface area contributed by atoms with Crippen LogP contribution >= 0.6 is 11.3 Å². The zero-order chi connectivity index (χ0) is 13.4. The number of anilines is 1. The number of benzene rings is 1. The van der Waals surface area contributed by atoms with Gasteiger partial charge in [0.05, 0.1) is 17.6 Å². The summed E-state index contributed by atoms with van der Waals surface area (Å²) in [7, 11) is 0. The summed E-state index contributed by atoms with van der Waals surface area (Å²) in [4.78, 5) is 18.2. The van der Waals surface area contributed by atoms with Gasteiger partial charge in [-0.2, -0.15) is 0 Å². The molecule has 1 aromatic carbocycles. The maximum absolute atomic E-state index is 11.2. The Hall–Kier alpha value is -2.12. The summed E-state index contributed by atoms with van der Waals surface area (Å²) in [6.45, 7) is 0.304. The Morgan fingerprint density at radius 1 is 1.47 bits per heavy atom. The Morgan fingerprint density at radius 3 is 3.00 bits per heavy atom. The molecular formula is C12H12N4O2S. The number of nitrogen functional groups attached to an aromatic ring is 1. The molecule has 0 amide bonds. The first-order chi connectivity index (χ1) is 9.17. The van der Waals surface area contributed by atoms with Crippen molar-refractivity contribution in [1.82, 2.24) is 14.5 Å². The van der Waals surface area contributed by atoms with E-state index in [1.165, 1.54) is 0 Å². The van der Waals surface area contributed by atoms with E-state index in [9.17, 15) is 9.90 Å². The van der Waals surface area contributed by atoms with Gasteiger partial charge in [0.15, 0.2) is 0 Å². The predicted octanol–water partition coefficient (Wildman–Crippen LogP) is 0.909. The molecule has 3 rings (SSSR count). The van der Waals surface area contributed by atoms with Crippen molar-refractivity contribution in [1.29, 1.82) is 0 Å². The molecule has 0 unspecified atom stereocenters. The van der Waals surface area contributed by atoms with Crippen molar-refractivity contribution in [2.75, 3.05) is 5.73 Å². The maximum atomic E-state index is 11.2. The highest BCUT2D eigenvalue weighted by Crippen LogP contribution is 2.20. The summed E-state index contributed by atoms with van der Waals surface area (Å²) in [6, 6.07) is 5.42. The molecule has 2 aromatic heterocycles. The summed E-state index contributed by atoms with van der Waals surface area (Å²) < 4.78 is 1.87. The Kier molecular flexibility index (Phi) is 2.84. The fraction of sp³-hybridized carbons (Fsp3) is 0.167. The van der Waals surface area contributed by atoms with E-state index in [-0.39, 0.29) is 11.5 Å². The molecule has 0 aliphatic carbocycles. The van der Waals surface area contributed by atoms with E-state index in [2.05, 4.69) is 9.97 Å². The number of thiazole rings is 1. The fourth-order valence-electron chi connectivity index (χ4n) is 2.06.